The van der Waals surface area contributed by atoms with Crippen molar-refractivity contribution in [2.24, 2.45) is 0 Å². The number of Topliss-reactive ketones (excluding diaryl/α,β-unsaturated/α-hetero) is 1. The van der Waals surface area contributed by atoms with E-state index in [1.165, 1.54) is 38.4 Å². The molecule has 1 heterocycles. The van der Waals surface area contributed by atoms with Gasteiger partial charge in [0.2, 0.25) is 0 Å². The number of hydrogen-bond acceptors (Lipinski definition) is 3. The molecule has 4 nitrogen and oxygen atoms in total. The lowest BCUT2D eigenvalue weighted by molar-refractivity contribution is -0.912. The van der Waals surface area contributed by atoms with E-state index in [0.29, 0.717) is 16.7 Å². The Hall–Kier alpha value is -2.72. The number of fused-ring (bicyclic) bond motifs is 1. The average molecular weight is 390 g/mol. The van der Waals surface area contributed by atoms with Gasteiger partial charge >= 0.3 is 0 Å². The smallest absolute Gasteiger partial charge is 0.194 e. The zero-order valence-corrected chi connectivity index (χ0v) is 17.4. The molecule has 0 atom stereocenters. The monoisotopic (exact) mass is 389 g/mol. The normalized spacial score (nSPS) is 18.2. The maximum Gasteiger partial charge on any atom is 0.194 e. The molecule has 0 spiro atoms. The number of carbonyl (C=O) groups is 2. The van der Waals surface area contributed by atoms with Crippen LogP contribution in [0.25, 0.3) is 5.57 Å². The Kier molecular flexibility index (Phi) is 5.37. The van der Waals surface area contributed by atoms with Crippen LogP contribution in [0.1, 0.15) is 45.5 Å². The number of likely N-dealkylation sites (tertiary alicyclic amines) is 1. The molecule has 0 N–H and O–H groups in total. The minimum atomic E-state index is -0.102. The summed E-state index contributed by atoms with van der Waals surface area (Å²) >= 11 is 0. The van der Waals surface area contributed by atoms with E-state index in [-0.39, 0.29) is 11.6 Å². The van der Waals surface area contributed by atoms with Crippen LogP contribution in [-0.2, 0) is 0 Å². The molecule has 1 saturated heterocycles. The highest BCUT2D eigenvalue weighted by molar-refractivity contribution is 6.38. The van der Waals surface area contributed by atoms with Crippen molar-refractivity contribution in [1.82, 2.24) is 0 Å². The van der Waals surface area contributed by atoms with E-state index in [0.717, 1.165) is 28.8 Å². The highest BCUT2D eigenvalue weighted by Crippen LogP contribution is 2.29. The van der Waals surface area contributed by atoms with Crippen LogP contribution in [0.2, 0.25) is 0 Å². The number of ketones is 2. The van der Waals surface area contributed by atoms with Crippen molar-refractivity contribution in [2.45, 2.75) is 19.3 Å². The number of hydrogen-bond donors (Lipinski definition) is 0. The molecule has 1 fully saturated rings. The summed E-state index contributed by atoms with van der Waals surface area (Å²) in [6, 6.07) is 15.0. The summed E-state index contributed by atoms with van der Waals surface area (Å²) in [5.74, 6) is -0.182. The summed E-state index contributed by atoms with van der Waals surface area (Å²) in [7, 11) is 4.49. The molecule has 0 radical (unpaired) electrons. The fraction of sp³-hybridized carbons (Fsp3) is 0.360. The van der Waals surface area contributed by atoms with E-state index in [1.54, 1.807) is 24.3 Å². The second-order valence-corrected chi connectivity index (χ2v) is 8.62. The third-order valence-corrected chi connectivity index (χ3v) is 6.45. The van der Waals surface area contributed by atoms with Gasteiger partial charge in [-0.3, -0.25) is 9.59 Å². The third-order valence-electron chi connectivity index (χ3n) is 6.45. The quantitative estimate of drug-likeness (QED) is 0.719. The van der Waals surface area contributed by atoms with Crippen LogP contribution in [0.4, 0.5) is 5.69 Å². The van der Waals surface area contributed by atoms with Crippen LogP contribution >= 0.6 is 0 Å². The number of benzene rings is 2. The number of likely N-dealkylation sites (N-methyl/N-ethyl adjacent to an activating group) is 2. The molecule has 0 saturated carbocycles. The van der Waals surface area contributed by atoms with Gasteiger partial charge in [0.05, 0.1) is 33.2 Å². The highest BCUT2D eigenvalue weighted by Gasteiger charge is 2.26. The molecule has 0 unspecified atom stereocenters. The van der Waals surface area contributed by atoms with E-state index in [4.69, 9.17) is 0 Å². The lowest BCUT2D eigenvalue weighted by Crippen LogP contribution is -2.51. The zero-order chi connectivity index (χ0) is 20.4. The Labute approximate surface area is 173 Å². The van der Waals surface area contributed by atoms with E-state index in [9.17, 15) is 9.59 Å². The topological polar surface area (TPSA) is 37.4 Å². The second-order valence-electron chi connectivity index (χ2n) is 8.62. The molecule has 2 aromatic carbocycles. The summed E-state index contributed by atoms with van der Waals surface area (Å²) < 4.78 is 1.16. The van der Waals surface area contributed by atoms with Gasteiger partial charge in [-0.25, -0.2) is 0 Å². The van der Waals surface area contributed by atoms with Gasteiger partial charge in [-0.2, -0.15) is 0 Å². The molecule has 29 heavy (non-hydrogen) atoms. The van der Waals surface area contributed by atoms with E-state index >= 15 is 0 Å². The predicted molar refractivity (Wildman–Crippen MR) is 117 cm³/mol. The highest BCUT2D eigenvalue weighted by atomic mass is 16.1. The van der Waals surface area contributed by atoms with Gasteiger partial charge in [0.15, 0.2) is 11.6 Å². The van der Waals surface area contributed by atoms with Gasteiger partial charge < -0.3 is 9.38 Å². The Bertz CT molecular complexity index is 953. The van der Waals surface area contributed by atoms with Crippen LogP contribution in [0.5, 0.6) is 0 Å². The molecule has 0 amide bonds. The van der Waals surface area contributed by atoms with Crippen molar-refractivity contribution >= 4 is 22.8 Å². The van der Waals surface area contributed by atoms with Crippen molar-refractivity contribution in [3.63, 3.8) is 0 Å². The summed E-state index contributed by atoms with van der Waals surface area (Å²) in [6.45, 7) is 4.70. The van der Waals surface area contributed by atoms with Crippen molar-refractivity contribution in [1.29, 1.82) is 0 Å². The first-order valence-corrected chi connectivity index (χ1v) is 10.5. The first-order valence-electron chi connectivity index (χ1n) is 10.5. The fourth-order valence-corrected chi connectivity index (χ4v) is 4.45. The maximum atomic E-state index is 12.9. The number of rotatable bonds is 5. The predicted octanol–water partition coefficient (Wildman–Crippen LogP) is 4.22. The number of carbonyl (C=O) groups excluding carboxylic acids is 2. The maximum absolute atomic E-state index is 12.9. The van der Waals surface area contributed by atoms with Crippen molar-refractivity contribution in [3.05, 3.63) is 71.3 Å². The Morgan fingerprint density at radius 3 is 2.24 bits per heavy atom. The van der Waals surface area contributed by atoms with Crippen LogP contribution < -0.4 is 4.90 Å². The average Bonchev–Trinajstić information content (AvgIpc) is 2.75. The number of nitrogens with zero attached hydrogens (tertiary/aromatic N) is 2. The molecule has 1 aliphatic carbocycles. The molecule has 4 rings (SSSR count). The minimum Gasteiger partial charge on any atom is -0.369 e. The van der Waals surface area contributed by atoms with Gasteiger partial charge in [-0.1, -0.05) is 36.4 Å². The standard InChI is InChI=1S/C25H29N2O2/c1-26(14-17-27(2)15-6-3-7-16-27)20-12-10-19(11-13-20)23-18-24(28)21-8-4-5-9-22(21)25(23)29/h4-5,8-13,18H,3,6-7,14-17H2,1-2H3/q+1. The van der Waals surface area contributed by atoms with Crippen molar-refractivity contribution in [2.75, 3.05) is 45.2 Å². The zero-order valence-electron chi connectivity index (χ0n) is 17.4. The van der Waals surface area contributed by atoms with E-state index < -0.39 is 0 Å². The molecule has 2 aromatic rings. The first kappa shape index (κ1) is 19.6. The molecule has 4 heteroatoms. The SMILES string of the molecule is CN(CC[N+]1(C)CCCCC1)c1ccc(C2=CC(=O)c3ccccc3C2=O)cc1. The van der Waals surface area contributed by atoms with Gasteiger partial charge in [0, 0.05) is 29.4 Å². The molecule has 150 valence electrons. The molecular weight excluding hydrogens is 360 g/mol. The van der Waals surface area contributed by atoms with Crippen LogP contribution in [0.3, 0.4) is 0 Å². The summed E-state index contributed by atoms with van der Waals surface area (Å²) in [6.07, 6.45) is 5.51. The van der Waals surface area contributed by atoms with Crippen LogP contribution in [-0.4, -0.2) is 56.3 Å². The van der Waals surface area contributed by atoms with E-state index in [2.05, 4.69) is 19.0 Å². The fourth-order valence-electron chi connectivity index (χ4n) is 4.45. The van der Waals surface area contributed by atoms with Crippen LogP contribution in [0, 0.1) is 0 Å². The Balaban J connectivity index is 1.47. The Morgan fingerprint density at radius 2 is 1.55 bits per heavy atom. The third kappa shape index (κ3) is 4.03. The lowest BCUT2D eigenvalue weighted by atomic mass is 9.86. The number of piperidine rings is 1. The number of allylic oxidation sites excluding steroid dienone is 2. The van der Waals surface area contributed by atoms with Gasteiger partial charge in [-0.15, -0.1) is 0 Å². The number of quaternary nitrogens is 1. The largest absolute Gasteiger partial charge is 0.369 e. The summed E-state index contributed by atoms with van der Waals surface area (Å²) in [5, 5.41) is 0. The van der Waals surface area contributed by atoms with E-state index in [1.807, 2.05) is 24.3 Å². The van der Waals surface area contributed by atoms with Gasteiger partial charge in [0.25, 0.3) is 0 Å². The first-order chi connectivity index (χ1) is 14.0. The lowest BCUT2D eigenvalue weighted by Gasteiger charge is -2.39. The Morgan fingerprint density at radius 1 is 0.897 bits per heavy atom. The molecule has 0 bridgehead atoms. The van der Waals surface area contributed by atoms with Gasteiger partial charge in [-0.05, 0) is 43.0 Å². The summed E-state index contributed by atoms with van der Waals surface area (Å²) in [4.78, 5) is 27.6. The van der Waals surface area contributed by atoms with Crippen LogP contribution in [0.15, 0.2) is 54.6 Å². The minimum absolute atomic E-state index is 0.0798. The van der Waals surface area contributed by atoms with Crippen molar-refractivity contribution in [3.8, 4) is 0 Å². The van der Waals surface area contributed by atoms with Crippen molar-refractivity contribution < 1.29 is 14.1 Å². The second kappa shape index (κ2) is 7.96. The molecule has 1 aliphatic heterocycles. The van der Waals surface area contributed by atoms with Gasteiger partial charge in [0.1, 0.15) is 0 Å². The molecule has 0 aromatic heterocycles. The number of anilines is 1. The summed E-state index contributed by atoms with van der Waals surface area (Å²) in [5.41, 5.74) is 3.40. The molecular formula is C25H29N2O2+. The molecule has 2 aliphatic rings.